The quantitative estimate of drug-likeness (QED) is 0.657. The number of benzene rings is 2. The lowest BCUT2D eigenvalue weighted by atomic mass is 10.1. The normalized spacial score (nSPS) is 16.8. The zero-order valence-corrected chi connectivity index (χ0v) is 18.1. The van der Waals surface area contributed by atoms with Crippen LogP contribution in [0.15, 0.2) is 54.6 Å². The Hall–Kier alpha value is -2.37. The maximum atomic E-state index is 13.1. The predicted molar refractivity (Wildman–Crippen MR) is 118 cm³/mol. The van der Waals surface area contributed by atoms with Crippen LogP contribution in [0.4, 0.5) is 0 Å². The van der Waals surface area contributed by atoms with Crippen molar-refractivity contribution in [2.75, 3.05) is 13.2 Å². The number of nitrogens with zero attached hydrogens (tertiary/aromatic N) is 1. The summed E-state index contributed by atoms with van der Waals surface area (Å²) < 4.78 is 5.58. The van der Waals surface area contributed by atoms with Gasteiger partial charge in [0.25, 0.3) is 0 Å². The molecule has 1 aliphatic rings. The minimum absolute atomic E-state index is 0.0476. The van der Waals surface area contributed by atoms with Crippen LogP contribution < -0.4 is 5.32 Å². The van der Waals surface area contributed by atoms with E-state index in [9.17, 15) is 9.59 Å². The summed E-state index contributed by atoms with van der Waals surface area (Å²) in [6.45, 7) is 3.37. The Bertz CT molecular complexity index is 820. The van der Waals surface area contributed by atoms with Crippen molar-refractivity contribution in [2.24, 2.45) is 0 Å². The van der Waals surface area contributed by atoms with E-state index < -0.39 is 6.04 Å². The van der Waals surface area contributed by atoms with E-state index in [1.165, 1.54) is 0 Å². The fourth-order valence-electron chi connectivity index (χ4n) is 3.58. The lowest BCUT2D eigenvalue weighted by molar-refractivity contribution is -0.140. The second-order valence-electron chi connectivity index (χ2n) is 7.69. The molecule has 0 aromatic heterocycles. The lowest BCUT2D eigenvalue weighted by Crippen LogP contribution is -2.49. The Morgan fingerprint density at radius 2 is 1.87 bits per heavy atom. The van der Waals surface area contributed by atoms with Gasteiger partial charge in [0.15, 0.2) is 0 Å². The number of carbonyl (C=O) groups excluding carboxylic acids is 2. The van der Waals surface area contributed by atoms with Gasteiger partial charge in [-0.05, 0) is 49.4 Å². The molecule has 0 aliphatic carbocycles. The number of amides is 2. The molecule has 2 aromatic carbocycles. The molecule has 0 spiro atoms. The SMILES string of the molecule is C[C@@H](C(=O)NC[C@@H]1CCCO1)N(Cc1ccc(Cl)cc1)C(=O)CCc1ccccc1. The lowest BCUT2D eigenvalue weighted by Gasteiger charge is -2.29. The molecule has 1 saturated heterocycles. The second kappa shape index (κ2) is 11.1. The van der Waals surface area contributed by atoms with Gasteiger partial charge in [0, 0.05) is 31.1 Å². The number of carbonyl (C=O) groups is 2. The molecule has 0 unspecified atom stereocenters. The molecular formula is C24H29ClN2O3. The Balaban J connectivity index is 1.65. The fourth-order valence-corrected chi connectivity index (χ4v) is 3.70. The molecule has 0 radical (unpaired) electrons. The topological polar surface area (TPSA) is 58.6 Å². The van der Waals surface area contributed by atoms with Crippen molar-refractivity contribution in [1.82, 2.24) is 10.2 Å². The van der Waals surface area contributed by atoms with Gasteiger partial charge in [0.05, 0.1) is 6.10 Å². The van der Waals surface area contributed by atoms with Gasteiger partial charge in [-0.1, -0.05) is 54.1 Å². The molecule has 2 amide bonds. The highest BCUT2D eigenvalue weighted by Crippen LogP contribution is 2.16. The van der Waals surface area contributed by atoms with Gasteiger partial charge in [0.1, 0.15) is 6.04 Å². The average Bonchev–Trinajstić information content (AvgIpc) is 3.29. The van der Waals surface area contributed by atoms with Crippen LogP contribution in [0, 0.1) is 0 Å². The highest BCUT2D eigenvalue weighted by molar-refractivity contribution is 6.30. The van der Waals surface area contributed by atoms with E-state index >= 15 is 0 Å². The van der Waals surface area contributed by atoms with Crippen molar-refractivity contribution < 1.29 is 14.3 Å². The molecule has 2 atom stereocenters. The average molecular weight is 429 g/mol. The number of ether oxygens (including phenoxy) is 1. The van der Waals surface area contributed by atoms with Gasteiger partial charge in [-0.2, -0.15) is 0 Å². The molecule has 3 rings (SSSR count). The number of halogens is 1. The van der Waals surface area contributed by atoms with Crippen molar-refractivity contribution in [3.63, 3.8) is 0 Å². The van der Waals surface area contributed by atoms with Crippen molar-refractivity contribution in [3.8, 4) is 0 Å². The molecule has 160 valence electrons. The van der Waals surface area contributed by atoms with E-state index in [0.29, 0.717) is 31.0 Å². The van der Waals surface area contributed by atoms with E-state index in [4.69, 9.17) is 16.3 Å². The van der Waals surface area contributed by atoms with Crippen LogP contribution in [-0.2, 0) is 27.3 Å². The van der Waals surface area contributed by atoms with Crippen molar-refractivity contribution in [2.45, 2.75) is 51.3 Å². The number of aryl methyl sites for hydroxylation is 1. The first-order valence-corrected chi connectivity index (χ1v) is 10.9. The van der Waals surface area contributed by atoms with Gasteiger partial charge in [0.2, 0.25) is 11.8 Å². The molecule has 30 heavy (non-hydrogen) atoms. The predicted octanol–water partition coefficient (Wildman–Crippen LogP) is 3.99. The maximum Gasteiger partial charge on any atom is 0.242 e. The third-order valence-electron chi connectivity index (χ3n) is 5.43. The van der Waals surface area contributed by atoms with Crippen LogP contribution in [-0.4, -0.2) is 42.0 Å². The summed E-state index contributed by atoms with van der Waals surface area (Å²) in [5.41, 5.74) is 2.04. The molecule has 1 aliphatic heterocycles. The zero-order chi connectivity index (χ0) is 21.3. The molecule has 1 N–H and O–H groups in total. The molecule has 1 heterocycles. The molecule has 2 aromatic rings. The Morgan fingerprint density at radius 3 is 2.53 bits per heavy atom. The summed E-state index contributed by atoms with van der Waals surface area (Å²) in [7, 11) is 0. The van der Waals surface area contributed by atoms with Crippen LogP contribution in [0.1, 0.15) is 37.3 Å². The summed E-state index contributed by atoms with van der Waals surface area (Å²) in [5.74, 6) is -0.207. The number of hydrogen-bond donors (Lipinski definition) is 1. The smallest absolute Gasteiger partial charge is 0.242 e. The van der Waals surface area contributed by atoms with Gasteiger partial charge in [-0.3, -0.25) is 9.59 Å². The minimum Gasteiger partial charge on any atom is -0.376 e. The standard InChI is InChI=1S/C24H29ClN2O3/c1-18(24(29)26-16-22-8-5-15-30-22)27(17-20-9-12-21(25)13-10-20)23(28)14-11-19-6-3-2-4-7-19/h2-4,6-7,9-10,12-13,18,22H,5,8,11,14-17H2,1H3,(H,26,29)/t18-,22-/m0/s1. The van der Waals surface area contributed by atoms with Crippen LogP contribution in [0.5, 0.6) is 0 Å². The summed E-state index contributed by atoms with van der Waals surface area (Å²) >= 11 is 5.99. The van der Waals surface area contributed by atoms with E-state index in [1.807, 2.05) is 42.5 Å². The molecule has 0 saturated carbocycles. The summed E-state index contributed by atoms with van der Waals surface area (Å²) in [6, 6.07) is 16.7. The van der Waals surface area contributed by atoms with Crippen LogP contribution in [0.25, 0.3) is 0 Å². The number of hydrogen-bond acceptors (Lipinski definition) is 3. The largest absolute Gasteiger partial charge is 0.376 e. The van der Waals surface area contributed by atoms with E-state index in [0.717, 1.165) is 30.6 Å². The third kappa shape index (κ3) is 6.57. The van der Waals surface area contributed by atoms with E-state index in [-0.39, 0.29) is 17.9 Å². The first-order chi connectivity index (χ1) is 14.5. The summed E-state index contributed by atoms with van der Waals surface area (Å²) in [6.07, 6.45) is 3.04. The highest BCUT2D eigenvalue weighted by atomic mass is 35.5. The molecule has 0 bridgehead atoms. The van der Waals surface area contributed by atoms with Crippen LogP contribution in [0.2, 0.25) is 5.02 Å². The van der Waals surface area contributed by atoms with Crippen LogP contribution >= 0.6 is 11.6 Å². The number of rotatable bonds is 9. The first kappa shape index (κ1) is 22.3. The van der Waals surface area contributed by atoms with E-state index in [1.54, 1.807) is 24.0 Å². The molecule has 6 heteroatoms. The number of nitrogens with one attached hydrogen (secondary N) is 1. The highest BCUT2D eigenvalue weighted by Gasteiger charge is 2.27. The van der Waals surface area contributed by atoms with Crippen molar-refractivity contribution in [3.05, 3.63) is 70.7 Å². The molecule has 5 nitrogen and oxygen atoms in total. The van der Waals surface area contributed by atoms with Gasteiger partial charge in [-0.25, -0.2) is 0 Å². The third-order valence-corrected chi connectivity index (χ3v) is 5.68. The van der Waals surface area contributed by atoms with Gasteiger partial charge < -0.3 is 15.0 Å². The monoisotopic (exact) mass is 428 g/mol. The Labute approximate surface area is 183 Å². The minimum atomic E-state index is -0.578. The molecule has 1 fully saturated rings. The summed E-state index contributed by atoms with van der Waals surface area (Å²) in [5, 5.41) is 3.59. The van der Waals surface area contributed by atoms with Crippen LogP contribution in [0.3, 0.4) is 0 Å². The maximum absolute atomic E-state index is 13.1. The molecular weight excluding hydrogens is 400 g/mol. The van der Waals surface area contributed by atoms with Gasteiger partial charge >= 0.3 is 0 Å². The van der Waals surface area contributed by atoms with Crippen molar-refractivity contribution >= 4 is 23.4 Å². The first-order valence-electron chi connectivity index (χ1n) is 10.5. The van der Waals surface area contributed by atoms with Crippen molar-refractivity contribution in [1.29, 1.82) is 0 Å². The fraction of sp³-hybridized carbons (Fsp3) is 0.417. The Kier molecular flexibility index (Phi) is 8.29. The second-order valence-corrected chi connectivity index (χ2v) is 8.13. The van der Waals surface area contributed by atoms with E-state index in [2.05, 4.69) is 5.32 Å². The summed E-state index contributed by atoms with van der Waals surface area (Å²) in [4.78, 5) is 27.5. The van der Waals surface area contributed by atoms with Gasteiger partial charge in [-0.15, -0.1) is 0 Å². The Morgan fingerprint density at radius 1 is 1.13 bits per heavy atom. The zero-order valence-electron chi connectivity index (χ0n) is 17.4.